The molecule has 1 rings (SSSR count). The lowest BCUT2D eigenvalue weighted by atomic mass is 9.98. The molecule has 80 valence electrons. The van der Waals surface area contributed by atoms with E-state index >= 15 is 0 Å². The van der Waals surface area contributed by atoms with Crippen LogP contribution in [-0.2, 0) is 5.33 Å². The quantitative estimate of drug-likeness (QED) is 0.821. The van der Waals surface area contributed by atoms with Crippen molar-refractivity contribution in [3.63, 3.8) is 0 Å². The van der Waals surface area contributed by atoms with Gasteiger partial charge < -0.3 is 10.2 Å². The molecule has 0 aliphatic rings. The highest BCUT2D eigenvalue weighted by molar-refractivity contribution is 9.08. The zero-order chi connectivity index (χ0) is 11.3. The summed E-state index contributed by atoms with van der Waals surface area (Å²) in [6.45, 7) is 0. The first-order valence-electron chi connectivity index (χ1n) is 4.57. The molecule has 0 saturated heterocycles. The van der Waals surface area contributed by atoms with E-state index in [0.717, 1.165) is 5.56 Å². The zero-order valence-corrected chi connectivity index (χ0v) is 9.68. The molecule has 15 heavy (non-hydrogen) atoms. The van der Waals surface area contributed by atoms with Gasteiger partial charge in [0, 0.05) is 5.33 Å². The van der Waals surface area contributed by atoms with Gasteiger partial charge in [0.05, 0.1) is 18.6 Å². The number of rotatable bonds is 4. The number of nitrogens with zero attached hydrogens (tertiary/aromatic N) is 1. The number of halogens is 1. The number of benzene rings is 1. The van der Waals surface area contributed by atoms with Crippen LogP contribution in [0, 0.1) is 11.3 Å². The number of hydrogen-bond donors (Lipinski definition) is 2. The first kappa shape index (κ1) is 12.2. The molecular weight excluding hydrogens is 258 g/mol. The van der Waals surface area contributed by atoms with E-state index in [4.69, 9.17) is 5.26 Å². The third-order valence-electron chi connectivity index (χ3n) is 2.18. The van der Waals surface area contributed by atoms with Crippen LogP contribution in [0.5, 0.6) is 0 Å². The maximum atomic E-state index is 9.81. The Kier molecular flexibility index (Phi) is 4.76. The van der Waals surface area contributed by atoms with E-state index < -0.39 is 12.2 Å². The van der Waals surface area contributed by atoms with E-state index in [2.05, 4.69) is 15.9 Å². The summed E-state index contributed by atoms with van der Waals surface area (Å²) in [5.74, 6) is 0. The van der Waals surface area contributed by atoms with Crippen LogP contribution < -0.4 is 0 Å². The number of alkyl halides is 1. The first-order valence-corrected chi connectivity index (χ1v) is 5.69. The lowest BCUT2D eigenvalue weighted by Gasteiger charge is -2.18. The van der Waals surface area contributed by atoms with Crippen molar-refractivity contribution in [1.82, 2.24) is 0 Å². The third-order valence-corrected chi connectivity index (χ3v) is 2.79. The highest BCUT2D eigenvalue weighted by Crippen LogP contribution is 2.23. The second-order valence-electron chi connectivity index (χ2n) is 3.21. The van der Waals surface area contributed by atoms with Gasteiger partial charge in [-0.05, 0) is 11.1 Å². The Labute approximate surface area is 97.1 Å². The normalized spacial score (nSPS) is 14.3. The van der Waals surface area contributed by atoms with Crippen molar-refractivity contribution in [3.05, 3.63) is 35.4 Å². The van der Waals surface area contributed by atoms with Crippen molar-refractivity contribution in [2.24, 2.45) is 0 Å². The summed E-state index contributed by atoms with van der Waals surface area (Å²) in [5, 5.41) is 28.4. The van der Waals surface area contributed by atoms with Crippen LogP contribution in [0.3, 0.4) is 0 Å². The standard InChI is InChI=1S/C11H12BrNO2/c12-7-8-3-1-2-4-9(8)11(15)10(14)5-6-13/h1-4,10-11,14-15H,5,7H2. The molecule has 1 aromatic carbocycles. The maximum absolute atomic E-state index is 9.81. The fourth-order valence-corrected chi connectivity index (χ4v) is 1.87. The summed E-state index contributed by atoms with van der Waals surface area (Å²) < 4.78 is 0. The zero-order valence-electron chi connectivity index (χ0n) is 8.10. The number of nitriles is 1. The predicted octanol–water partition coefficient (Wildman–Crippen LogP) is 1.89. The van der Waals surface area contributed by atoms with E-state index in [1.807, 2.05) is 18.2 Å². The number of aliphatic hydroxyl groups is 2. The van der Waals surface area contributed by atoms with Crippen molar-refractivity contribution in [2.45, 2.75) is 24.0 Å². The topological polar surface area (TPSA) is 64.2 Å². The number of aliphatic hydroxyl groups excluding tert-OH is 2. The van der Waals surface area contributed by atoms with Gasteiger partial charge in [0.15, 0.2) is 0 Å². The van der Waals surface area contributed by atoms with Crippen LogP contribution in [0.4, 0.5) is 0 Å². The minimum absolute atomic E-state index is 0.0716. The van der Waals surface area contributed by atoms with Crippen LogP contribution in [-0.4, -0.2) is 16.3 Å². The number of hydrogen-bond acceptors (Lipinski definition) is 3. The van der Waals surface area contributed by atoms with Crippen molar-refractivity contribution in [3.8, 4) is 6.07 Å². The summed E-state index contributed by atoms with van der Waals surface area (Å²) >= 11 is 3.31. The molecule has 2 atom stereocenters. The molecule has 0 heterocycles. The van der Waals surface area contributed by atoms with E-state index in [1.54, 1.807) is 12.1 Å². The third kappa shape index (κ3) is 3.03. The van der Waals surface area contributed by atoms with Gasteiger partial charge in [0.1, 0.15) is 6.10 Å². The summed E-state index contributed by atoms with van der Waals surface area (Å²) in [7, 11) is 0. The van der Waals surface area contributed by atoms with Crippen molar-refractivity contribution >= 4 is 15.9 Å². The van der Waals surface area contributed by atoms with Crippen LogP contribution >= 0.6 is 15.9 Å². The Bertz CT molecular complexity index is 362. The summed E-state index contributed by atoms with van der Waals surface area (Å²) in [4.78, 5) is 0. The second-order valence-corrected chi connectivity index (χ2v) is 3.77. The summed E-state index contributed by atoms with van der Waals surface area (Å²) in [6.07, 6.45) is -2.11. The second kappa shape index (κ2) is 5.86. The molecule has 0 aromatic heterocycles. The fourth-order valence-electron chi connectivity index (χ4n) is 1.36. The highest BCUT2D eigenvalue weighted by atomic mass is 79.9. The van der Waals surface area contributed by atoms with Crippen LogP contribution in [0.1, 0.15) is 23.7 Å². The average molecular weight is 270 g/mol. The Balaban J connectivity index is 2.90. The van der Waals surface area contributed by atoms with Crippen LogP contribution in [0.15, 0.2) is 24.3 Å². The van der Waals surface area contributed by atoms with Crippen LogP contribution in [0.25, 0.3) is 0 Å². The monoisotopic (exact) mass is 269 g/mol. The summed E-state index contributed by atoms with van der Waals surface area (Å²) in [6, 6.07) is 9.11. The Morgan fingerprint density at radius 1 is 1.33 bits per heavy atom. The van der Waals surface area contributed by atoms with Gasteiger partial charge in [-0.1, -0.05) is 40.2 Å². The predicted molar refractivity (Wildman–Crippen MR) is 60.3 cm³/mol. The molecule has 0 spiro atoms. The molecule has 0 amide bonds. The highest BCUT2D eigenvalue weighted by Gasteiger charge is 2.19. The molecule has 4 heteroatoms. The lowest BCUT2D eigenvalue weighted by Crippen LogP contribution is -2.18. The largest absolute Gasteiger partial charge is 0.389 e. The van der Waals surface area contributed by atoms with Crippen molar-refractivity contribution in [2.75, 3.05) is 0 Å². The van der Waals surface area contributed by atoms with Gasteiger partial charge in [-0.3, -0.25) is 0 Å². The van der Waals surface area contributed by atoms with Gasteiger partial charge in [-0.25, -0.2) is 0 Å². The van der Waals surface area contributed by atoms with E-state index in [9.17, 15) is 10.2 Å². The molecule has 0 radical (unpaired) electrons. The fraction of sp³-hybridized carbons (Fsp3) is 0.364. The van der Waals surface area contributed by atoms with Gasteiger partial charge in [0.25, 0.3) is 0 Å². The lowest BCUT2D eigenvalue weighted by molar-refractivity contribution is 0.0212. The van der Waals surface area contributed by atoms with Crippen molar-refractivity contribution in [1.29, 1.82) is 5.26 Å². The minimum atomic E-state index is -1.03. The molecule has 3 nitrogen and oxygen atoms in total. The van der Waals surface area contributed by atoms with Gasteiger partial charge in [0.2, 0.25) is 0 Å². The maximum Gasteiger partial charge on any atom is 0.106 e. The minimum Gasteiger partial charge on any atom is -0.389 e. The SMILES string of the molecule is N#CCC(O)C(O)c1ccccc1CBr. The molecule has 0 aliphatic heterocycles. The molecule has 0 fully saturated rings. The smallest absolute Gasteiger partial charge is 0.106 e. The van der Waals surface area contributed by atoms with E-state index in [-0.39, 0.29) is 6.42 Å². The average Bonchev–Trinajstić information content (AvgIpc) is 2.28. The molecular formula is C11H12BrNO2. The molecule has 0 aliphatic carbocycles. The van der Waals surface area contributed by atoms with E-state index in [0.29, 0.717) is 10.9 Å². The Hall–Kier alpha value is -0.890. The molecule has 0 saturated carbocycles. The molecule has 2 N–H and O–H groups in total. The van der Waals surface area contributed by atoms with E-state index in [1.165, 1.54) is 0 Å². The molecule has 0 bridgehead atoms. The Morgan fingerprint density at radius 2 is 2.00 bits per heavy atom. The van der Waals surface area contributed by atoms with Gasteiger partial charge in [-0.2, -0.15) is 5.26 Å². The molecule has 2 unspecified atom stereocenters. The van der Waals surface area contributed by atoms with Crippen LogP contribution in [0.2, 0.25) is 0 Å². The summed E-state index contributed by atoms with van der Waals surface area (Å²) in [5.41, 5.74) is 1.58. The van der Waals surface area contributed by atoms with Gasteiger partial charge in [-0.15, -0.1) is 0 Å². The van der Waals surface area contributed by atoms with Gasteiger partial charge >= 0.3 is 0 Å². The molecule has 1 aromatic rings. The first-order chi connectivity index (χ1) is 7.20. The van der Waals surface area contributed by atoms with Crippen molar-refractivity contribution < 1.29 is 10.2 Å². The Morgan fingerprint density at radius 3 is 2.60 bits per heavy atom.